The summed E-state index contributed by atoms with van der Waals surface area (Å²) in [6, 6.07) is 0. The minimum Gasteiger partial charge on any atom is -0.726 e. The number of carbonyl (C=O) groups excluding carboxylic acids is 1. The number of ketones is 1. The number of hydrogen-bond acceptors (Lipinski definition) is 27. The molecule has 27 nitrogen and oxygen atoms in total. The minimum atomic E-state index is -5.13. The molecular weight excluding hydrogens is 1170 g/mol. The van der Waals surface area contributed by atoms with E-state index in [2.05, 4.69) is 19.9 Å². The summed E-state index contributed by atoms with van der Waals surface area (Å²) in [6.07, 6.45) is -32.8. The van der Waals surface area contributed by atoms with Crippen molar-refractivity contribution in [1.29, 1.82) is 0 Å². The predicted molar refractivity (Wildman–Crippen MR) is 287 cm³/mol. The Bertz CT molecular complexity index is 2490. The van der Waals surface area contributed by atoms with Gasteiger partial charge >= 0.3 is 29.6 Å². The third kappa shape index (κ3) is 13.9. The fraction of sp³-hybridized carbons (Fsp3) is 0.912. The van der Waals surface area contributed by atoms with E-state index in [1.165, 1.54) is 34.8 Å². The Morgan fingerprint density at radius 2 is 1.17 bits per heavy atom. The second-order valence-corrected chi connectivity index (χ2v) is 27.2. The summed E-state index contributed by atoms with van der Waals surface area (Å²) in [5, 5.41) is 125. The van der Waals surface area contributed by atoms with Crippen molar-refractivity contribution in [2.24, 2.45) is 34.5 Å². The summed E-state index contributed by atoms with van der Waals surface area (Å²) in [5.41, 5.74) is -0.778. The van der Waals surface area contributed by atoms with Crippen molar-refractivity contribution < 1.29 is 160 Å². The molecule has 488 valence electrons. The molecule has 8 fully saturated rings. The van der Waals surface area contributed by atoms with Crippen molar-refractivity contribution >= 4 is 16.2 Å². The van der Waals surface area contributed by atoms with Gasteiger partial charge in [-0.2, -0.15) is 0 Å². The van der Waals surface area contributed by atoms with Gasteiger partial charge in [0.2, 0.25) is 10.4 Å². The Morgan fingerprint density at radius 1 is 0.651 bits per heavy atom. The Morgan fingerprint density at radius 3 is 1.78 bits per heavy atom. The van der Waals surface area contributed by atoms with Crippen LogP contribution in [0.15, 0.2) is 23.3 Å². The van der Waals surface area contributed by atoms with Gasteiger partial charge in [0.25, 0.3) is 0 Å². The maximum absolute atomic E-state index is 13.7. The standard InChI is InChI=1S/C57H92O27S.Na/c1-22(2)11-14-35(58)57(9,69)34-13-12-29-28-20-32(31-19-27(84-85(70,71)72)15-17-55(31,7)30(28)16-18-56(29,34)8)79-51-45(68)47(39(62)26(6)76-51)81-53-48(82-52-44(67)46(73-10)38(61)25(5)77-52)40(63)33(21-74-53)80-54-49(42(65)37(60)24(4)78-54)83-50-43(66)41(64)36(59)23(3)75-50;/h11,16,23-29,31-34,36-54,59-69H,12-15,17-21H2,1-10H3,(H,70,71,72);/q;+1/p-1/t23-,24-,25-,26-,27+,28+,29+,31?,32+,33-,34+,36+,37-,38-,39-,40+,41+,42+,43-,44-,45-,46+,47+,48-,49-,50+,51+,52+,53+,54+,55-,56+,57-;/m1./s1. The fourth-order valence-corrected chi connectivity index (χ4v) is 16.0. The molecule has 0 spiro atoms. The van der Waals surface area contributed by atoms with Gasteiger partial charge in [-0.3, -0.25) is 8.98 Å². The van der Waals surface area contributed by atoms with Gasteiger partial charge in [0.05, 0.1) is 43.2 Å². The molecule has 0 amide bonds. The van der Waals surface area contributed by atoms with E-state index in [9.17, 15) is 73.9 Å². The Labute approximate surface area is 523 Å². The predicted octanol–water partition coefficient (Wildman–Crippen LogP) is -4.41. The number of Topliss-reactive ketones (excluding diaryl/α,β-unsaturated/α-hetero) is 1. The van der Waals surface area contributed by atoms with Crippen LogP contribution in [0.25, 0.3) is 0 Å². The van der Waals surface area contributed by atoms with Gasteiger partial charge in [-0.15, -0.1) is 0 Å². The molecule has 1 unspecified atom stereocenters. The summed E-state index contributed by atoms with van der Waals surface area (Å²) in [5.74, 6) is -1.44. The number of allylic oxidation sites excluding steroid dienone is 4. The molecule has 0 bridgehead atoms. The van der Waals surface area contributed by atoms with Crippen LogP contribution in [0.3, 0.4) is 0 Å². The van der Waals surface area contributed by atoms with Gasteiger partial charge in [0.1, 0.15) is 97.2 Å². The van der Waals surface area contributed by atoms with Crippen LogP contribution in [-0.4, -0.2) is 254 Å². The minimum absolute atomic E-state index is 0. The van der Waals surface area contributed by atoms with E-state index < -0.39 is 205 Å². The number of fused-ring (bicyclic) bond motifs is 5. The molecule has 5 saturated heterocycles. The number of aliphatic hydroxyl groups is 11. The Kier molecular flexibility index (Phi) is 22.8. The quantitative estimate of drug-likeness (QED) is 0.0283. The van der Waals surface area contributed by atoms with Crippen LogP contribution in [0, 0.1) is 34.5 Å². The number of rotatable bonds is 17. The molecular formula is C57H91NaO27S. The van der Waals surface area contributed by atoms with E-state index >= 15 is 0 Å². The molecule has 0 aromatic carbocycles. The van der Waals surface area contributed by atoms with Crippen molar-refractivity contribution in [2.45, 2.75) is 279 Å². The van der Waals surface area contributed by atoms with Crippen molar-refractivity contribution in [3.8, 4) is 0 Å². The molecule has 9 rings (SSSR count). The molecule has 0 radical (unpaired) electrons. The van der Waals surface area contributed by atoms with Crippen LogP contribution in [0.5, 0.6) is 0 Å². The van der Waals surface area contributed by atoms with Crippen molar-refractivity contribution in [3.63, 3.8) is 0 Å². The fourth-order valence-electron chi connectivity index (χ4n) is 15.5. The number of aliphatic hydroxyl groups excluding tert-OH is 10. The molecule has 11 N–H and O–H groups in total. The van der Waals surface area contributed by atoms with Gasteiger partial charge in [-0.1, -0.05) is 37.1 Å². The van der Waals surface area contributed by atoms with Gasteiger partial charge in [-0.05, 0) is 122 Å². The van der Waals surface area contributed by atoms with Crippen LogP contribution < -0.4 is 29.6 Å². The third-order valence-electron chi connectivity index (χ3n) is 20.5. The molecule has 0 aromatic rings. The zero-order valence-corrected chi connectivity index (χ0v) is 53.5. The molecule has 5 aliphatic heterocycles. The maximum Gasteiger partial charge on any atom is 1.00 e. The maximum atomic E-state index is 13.7. The topological polar surface area (TPSA) is 408 Å². The normalized spacial score (nSPS) is 50.5. The van der Waals surface area contributed by atoms with Crippen molar-refractivity contribution in [2.75, 3.05) is 13.7 Å². The van der Waals surface area contributed by atoms with Crippen LogP contribution in [0.4, 0.5) is 0 Å². The summed E-state index contributed by atoms with van der Waals surface area (Å²) in [4.78, 5) is 13.7. The molecule has 3 saturated carbocycles. The first-order valence-corrected chi connectivity index (χ1v) is 31.1. The van der Waals surface area contributed by atoms with Crippen molar-refractivity contribution in [1.82, 2.24) is 0 Å². The van der Waals surface area contributed by atoms with Crippen LogP contribution >= 0.6 is 0 Å². The van der Waals surface area contributed by atoms with E-state index in [1.807, 2.05) is 19.9 Å². The second-order valence-electron chi connectivity index (χ2n) is 26.2. The zero-order valence-electron chi connectivity index (χ0n) is 50.7. The second kappa shape index (κ2) is 27.6. The Balaban J connectivity index is 0.00000961. The summed E-state index contributed by atoms with van der Waals surface area (Å²) >= 11 is 0. The molecule has 5 heterocycles. The smallest absolute Gasteiger partial charge is 0.726 e. The SMILES string of the molecule is CO[C@@H]1[C@@H](O)[C@H](O[C@H]2[C@H](O[C@@H]3[C@@H](O)[C@H](O[C@H]4C[C@@H]5C(=CC[C@@]6(C)[C@H]5CC[C@@H]6[C@@](C)(O)C(=O)CC=C(C)C)[C@@]5(C)CC[C@H](OS(=O)(=O)[O-])CC45)O[C@H](C)[C@H]3O)OC[C@@H](O[C@@H]3O[C@H](C)[C@@H](O)[C@H](O)[C@H]3O[C@@H]3O[C@H](C)[C@H](O)[C@H](O)[C@H]3O)[C@@H]2O)O[C@H](C)[C@H]1O.[Na+]. The van der Waals surface area contributed by atoms with Gasteiger partial charge in [0.15, 0.2) is 37.2 Å². The van der Waals surface area contributed by atoms with E-state index in [0.29, 0.717) is 32.1 Å². The zero-order chi connectivity index (χ0) is 62.3. The number of methoxy groups -OCH3 is 1. The first kappa shape index (κ1) is 71.0. The largest absolute Gasteiger partial charge is 1.00 e. The van der Waals surface area contributed by atoms with Crippen LogP contribution in [0.2, 0.25) is 0 Å². The average Bonchev–Trinajstić information content (AvgIpc) is 1.32. The first-order valence-electron chi connectivity index (χ1n) is 29.8. The van der Waals surface area contributed by atoms with E-state index in [0.717, 1.165) is 11.1 Å². The molecule has 33 atom stereocenters. The van der Waals surface area contributed by atoms with Crippen LogP contribution in [0.1, 0.15) is 114 Å². The molecule has 0 aromatic heterocycles. The molecule has 86 heavy (non-hydrogen) atoms. The third-order valence-corrected chi connectivity index (χ3v) is 21.0. The van der Waals surface area contributed by atoms with E-state index in [-0.39, 0.29) is 66.4 Å². The molecule has 9 aliphatic rings. The number of hydrogen-bond donors (Lipinski definition) is 11. The Hall–Kier alpha value is -0.860. The number of ether oxygens (including phenoxy) is 11. The average molecular weight is 1260 g/mol. The van der Waals surface area contributed by atoms with E-state index in [1.54, 1.807) is 6.92 Å². The van der Waals surface area contributed by atoms with Gasteiger partial charge < -0.3 is 113 Å². The van der Waals surface area contributed by atoms with Gasteiger partial charge in [-0.25, -0.2) is 8.42 Å². The summed E-state index contributed by atoms with van der Waals surface area (Å²) in [6.45, 7) is 14.8. The molecule has 4 aliphatic carbocycles. The van der Waals surface area contributed by atoms with Gasteiger partial charge in [0, 0.05) is 19.4 Å². The van der Waals surface area contributed by atoms with Crippen molar-refractivity contribution in [3.05, 3.63) is 23.3 Å². The van der Waals surface area contributed by atoms with E-state index in [4.69, 9.17) is 56.3 Å². The van der Waals surface area contributed by atoms with Crippen LogP contribution in [-0.2, 0) is 71.5 Å². The number of carbonyl (C=O) groups is 1. The summed E-state index contributed by atoms with van der Waals surface area (Å²) < 4.78 is 108. The molecule has 29 heteroatoms. The monoisotopic (exact) mass is 1260 g/mol. The summed E-state index contributed by atoms with van der Waals surface area (Å²) in [7, 11) is -3.89. The first-order chi connectivity index (χ1) is 39.7.